The van der Waals surface area contributed by atoms with E-state index in [1.54, 1.807) is 0 Å². The van der Waals surface area contributed by atoms with Crippen molar-refractivity contribution in [3.63, 3.8) is 0 Å². The number of hydrogen-bond acceptors (Lipinski definition) is 4. The Morgan fingerprint density at radius 2 is 2.11 bits per heavy atom. The molecule has 0 spiro atoms. The lowest BCUT2D eigenvalue weighted by Crippen LogP contribution is -2.36. The normalized spacial score (nSPS) is 27.4. The van der Waals surface area contributed by atoms with Crippen LogP contribution in [0.1, 0.15) is 31.9 Å². The summed E-state index contributed by atoms with van der Waals surface area (Å²) < 4.78 is 16.3. The van der Waals surface area contributed by atoms with E-state index in [4.69, 9.17) is 14.2 Å². The quantitative estimate of drug-likeness (QED) is 0.892. The van der Waals surface area contributed by atoms with Crippen molar-refractivity contribution >= 4 is 0 Å². The molecule has 1 N–H and O–H groups in total. The predicted molar refractivity (Wildman–Crippen MR) is 67.9 cm³/mol. The summed E-state index contributed by atoms with van der Waals surface area (Å²) in [7, 11) is 0. The van der Waals surface area contributed by atoms with Gasteiger partial charge in [0.25, 0.3) is 0 Å². The van der Waals surface area contributed by atoms with E-state index in [9.17, 15) is 0 Å². The van der Waals surface area contributed by atoms with Gasteiger partial charge in [0.15, 0.2) is 11.5 Å². The van der Waals surface area contributed by atoms with Crippen LogP contribution in [0.4, 0.5) is 0 Å². The highest BCUT2D eigenvalue weighted by molar-refractivity contribution is 5.45. The van der Waals surface area contributed by atoms with E-state index in [2.05, 4.69) is 31.3 Å². The summed E-state index contributed by atoms with van der Waals surface area (Å²) in [6.07, 6.45) is 1.37. The lowest BCUT2D eigenvalue weighted by molar-refractivity contribution is 0.111. The third-order valence-electron chi connectivity index (χ3n) is 3.74. The summed E-state index contributed by atoms with van der Waals surface area (Å²) in [6.45, 7) is 5.47. The van der Waals surface area contributed by atoms with Crippen LogP contribution in [0.3, 0.4) is 0 Å². The molecule has 0 radical (unpaired) electrons. The first-order valence-corrected chi connectivity index (χ1v) is 6.51. The molecular formula is C14H19NO3. The van der Waals surface area contributed by atoms with Crippen LogP contribution in [-0.4, -0.2) is 25.5 Å². The van der Waals surface area contributed by atoms with Crippen LogP contribution in [0.15, 0.2) is 18.2 Å². The van der Waals surface area contributed by atoms with Crippen molar-refractivity contribution in [3.8, 4) is 11.5 Å². The van der Waals surface area contributed by atoms with Crippen LogP contribution in [0.2, 0.25) is 0 Å². The van der Waals surface area contributed by atoms with Crippen LogP contribution in [0.25, 0.3) is 0 Å². The minimum absolute atomic E-state index is 0.286. The van der Waals surface area contributed by atoms with Crippen molar-refractivity contribution in [1.29, 1.82) is 0 Å². The highest BCUT2D eigenvalue weighted by Crippen LogP contribution is 2.34. The van der Waals surface area contributed by atoms with Gasteiger partial charge < -0.3 is 19.5 Å². The number of ether oxygens (including phenoxy) is 3. The Balaban J connectivity index is 1.70. The third-order valence-corrected chi connectivity index (χ3v) is 3.74. The molecule has 0 aromatic heterocycles. The number of hydrogen-bond donors (Lipinski definition) is 1. The molecule has 3 rings (SSSR count). The van der Waals surface area contributed by atoms with E-state index in [1.807, 2.05) is 6.07 Å². The second-order valence-electron chi connectivity index (χ2n) is 4.97. The van der Waals surface area contributed by atoms with E-state index in [-0.39, 0.29) is 6.04 Å². The third kappa shape index (κ3) is 2.18. The molecule has 4 heteroatoms. The highest BCUT2D eigenvalue weighted by Gasteiger charge is 2.26. The molecule has 1 fully saturated rings. The van der Waals surface area contributed by atoms with Gasteiger partial charge in [0.2, 0.25) is 6.79 Å². The largest absolute Gasteiger partial charge is 0.454 e. The average molecular weight is 249 g/mol. The van der Waals surface area contributed by atoms with E-state index in [0.29, 0.717) is 18.9 Å². The first-order valence-electron chi connectivity index (χ1n) is 6.51. The van der Waals surface area contributed by atoms with E-state index >= 15 is 0 Å². The maximum absolute atomic E-state index is 5.57. The fourth-order valence-electron chi connectivity index (χ4n) is 2.55. The Hall–Kier alpha value is -1.26. The van der Waals surface area contributed by atoms with Gasteiger partial charge in [-0.25, -0.2) is 0 Å². The van der Waals surface area contributed by atoms with Crippen LogP contribution < -0.4 is 14.8 Å². The molecule has 2 heterocycles. The number of nitrogens with one attached hydrogen (secondary N) is 1. The summed E-state index contributed by atoms with van der Waals surface area (Å²) in [5.41, 5.74) is 1.22. The summed E-state index contributed by atoms with van der Waals surface area (Å²) in [6, 6.07) is 6.84. The molecule has 4 nitrogen and oxygen atoms in total. The van der Waals surface area contributed by atoms with Crippen LogP contribution in [0, 0.1) is 0 Å². The molecule has 1 saturated heterocycles. The molecule has 0 amide bonds. The summed E-state index contributed by atoms with van der Waals surface area (Å²) in [4.78, 5) is 0. The average Bonchev–Trinajstić information content (AvgIpc) is 2.98. The zero-order valence-electron chi connectivity index (χ0n) is 10.8. The van der Waals surface area contributed by atoms with Crippen LogP contribution >= 0.6 is 0 Å². The highest BCUT2D eigenvalue weighted by atomic mass is 16.7. The summed E-state index contributed by atoms with van der Waals surface area (Å²) in [5.74, 6) is 1.68. The summed E-state index contributed by atoms with van der Waals surface area (Å²) in [5, 5.41) is 3.61. The molecule has 2 aliphatic rings. The molecule has 3 unspecified atom stereocenters. The standard InChI is InChI=1S/C14H19NO3/c1-9(15-12-5-6-16-10(12)2)11-3-4-13-14(7-11)18-8-17-13/h3-4,7,9-10,12,15H,5-6,8H2,1-2H3. The van der Waals surface area contributed by atoms with Gasteiger partial charge in [0, 0.05) is 18.7 Å². The fraction of sp³-hybridized carbons (Fsp3) is 0.571. The lowest BCUT2D eigenvalue weighted by atomic mass is 10.0. The monoisotopic (exact) mass is 249 g/mol. The Morgan fingerprint density at radius 3 is 2.89 bits per heavy atom. The molecule has 1 aromatic rings. The lowest BCUT2D eigenvalue weighted by Gasteiger charge is -2.22. The number of rotatable bonds is 3. The summed E-state index contributed by atoms with van der Waals surface area (Å²) >= 11 is 0. The van der Waals surface area contributed by atoms with E-state index in [0.717, 1.165) is 24.5 Å². The first-order chi connectivity index (χ1) is 8.74. The van der Waals surface area contributed by atoms with Gasteiger partial charge >= 0.3 is 0 Å². The van der Waals surface area contributed by atoms with Gasteiger partial charge in [-0.2, -0.15) is 0 Å². The Bertz CT molecular complexity index is 435. The Labute approximate surface area is 107 Å². The van der Waals surface area contributed by atoms with Crippen molar-refractivity contribution in [2.45, 2.75) is 38.5 Å². The maximum atomic E-state index is 5.57. The van der Waals surface area contributed by atoms with Crippen molar-refractivity contribution in [2.75, 3.05) is 13.4 Å². The molecule has 2 aliphatic heterocycles. The fourth-order valence-corrected chi connectivity index (χ4v) is 2.55. The van der Waals surface area contributed by atoms with Crippen LogP contribution in [0.5, 0.6) is 11.5 Å². The van der Waals surface area contributed by atoms with E-state index in [1.165, 1.54) is 5.56 Å². The smallest absolute Gasteiger partial charge is 0.231 e. The van der Waals surface area contributed by atoms with Crippen molar-refractivity contribution in [3.05, 3.63) is 23.8 Å². The van der Waals surface area contributed by atoms with Crippen molar-refractivity contribution in [1.82, 2.24) is 5.32 Å². The molecule has 0 aliphatic carbocycles. The van der Waals surface area contributed by atoms with Gasteiger partial charge in [-0.05, 0) is 38.0 Å². The molecule has 0 saturated carbocycles. The van der Waals surface area contributed by atoms with Gasteiger partial charge in [-0.1, -0.05) is 6.07 Å². The van der Waals surface area contributed by atoms with Gasteiger partial charge in [0.05, 0.1) is 6.10 Å². The second-order valence-corrected chi connectivity index (χ2v) is 4.97. The number of fused-ring (bicyclic) bond motifs is 1. The zero-order chi connectivity index (χ0) is 12.5. The topological polar surface area (TPSA) is 39.7 Å². The molecule has 0 bridgehead atoms. The molecule has 3 atom stereocenters. The van der Waals surface area contributed by atoms with Gasteiger partial charge in [-0.15, -0.1) is 0 Å². The Kier molecular flexibility index (Phi) is 3.14. The number of benzene rings is 1. The van der Waals surface area contributed by atoms with Crippen molar-refractivity contribution < 1.29 is 14.2 Å². The van der Waals surface area contributed by atoms with Gasteiger partial charge in [0.1, 0.15) is 0 Å². The Morgan fingerprint density at radius 1 is 1.28 bits per heavy atom. The first kappa shape index (κ1) is 11.8. The predicted octanol–water partition coefficient (Wildman–Crippen LogP) is 2.24. The van der Waals surface area contributed by atoms with Gasteiger partial charge in [-0.3, -0.25) is 0 Å². The molecule has 98 valence electrons. The molecule has 1 aromatic carbocycles. The maximum Gasteiger partial charge on any atom is 0.231 e. The minimum atomic E-state index is 0.286. The van der Waals surface area contributed by atoms with Crippen molar-refractivity contribution in [2.24, 2.45) is 0 Å². The molecule has 18 heavy (non-hydrogen) atoms. The van der Waals surface area contributed by atoms with E-state index < -0.39 is 0 Å². The van der Waals surface area contributed by atoms with Crippen LogP contribution in [-0.2, 0) is 4.74 Å². The zero-order valence-corrected chi connectivity index (χ0v) is 10.8. The SMILES string of the molecule is CC(NC1CCOC1C)c1ccc2c(c1)OCO2. The molecular weight excluding hydrogens is 230 g/mol. The second kappa shape index (κ2) is 4.78. The minimum Gasteiger partial charge on any atom is -0.454 e.